The number of esters is 1. The number of piperidine rings is 1. The summed E-state index contributed by atoms with van der Waals surface area (Å²) in [4.78, 5) is 28.2. The SMILES string of the molecule is CCOC(=O)C1CCN(c2ccc3[nH]cc(C=O)c3c2)CC1. The lowest BCUT2D eigenvalue weighted by atomic mass is 9.96. The first kappa shape index (κ1) is 14.6. The second-order valence-corrected chi connectivity index (χ2v) is 5.61. The number of benzene rings is 1. The molecule has 0 aliphatic carbocycles. The van der Waals surface area contributed by atoms with Crippen molar-refractivity contribution in [3.05, 3.63) is 30.0 Å². The van der Waals surface area contributed by atoms with Crippen LogP contribution in [0.4, 0.5) is 5.69 Å². The molecule has 1 saturated heterocycles. The smallest absolute Gasteiger partial charge is 0.309 e. The number of hydrogen-bond donors (Lipinski definition) is 1. The molecule has 1 aliphatic rings. The van der Waals surface area contributed by atoms with E-state index < -0.39 is 0 Å². The molecule has 0 unspecified atom stereocenters. The summed E-state index contributed by atoms with van der Waals surface area (Å²) in [7, 11) is 0. The number of carbonyl (C=O) groups excluding carboxylic acids is 2. The van der Waals surface area contributed by atoms with Gasteiger partial charge in [0, 0.05) is 41.4 Å². The third-order valence-electron chi connectivity index (χ3n) is 4.30. The van der Waals surface area contributed by atoms with Crippen LogP contribution < -0.4 is 4.90 Å². The van der Waals surface area contributed by atoms with Crippen molar-refractivity contribution in [2.45, 2.75) is 19.8 Å². The van der Waals surface area contributed by atoms with Gasteiger partial charge in [0.25, 0.3) is 0 Å². The molecule has 1 N–H and O–H groups in total. The zero-order valence-corrected chi connectivity index (χ0v) is 12.7. The van der Waals surface area contributed by atoms with Gasteiger partial charge in [-0.15, -0.1) is 0 Å². The Bertz CT molecular complexity index is 684. The van der Waals surface area contributed by atoms with Gasteiger partial charge in [-0.1, -0.05) is 0 Å². The maximum atomic E-state index is 11.8. The number of hydrogen-bond acceptors (Lipinski definition) is 4. The lowest BCUT2D eigenvalue weighted by molar-refractivity contribution is -0.148. The van der Waals surface area contributed by atoms with Crippen LogP contribution in [0.3, 0.4) is 0 Å². The molecule has 5 nitrogen and oxygen atoms in total. The molecular weight excluding hydrogens is 280 g/mol. The molecule has 3 rings (SSSR count). The van der Waals surface area contributed by atoms with Gasteiger partial charge in [-0.2, -0.15) is 0 Å². The Morgan fingerprint density at radius 2 is 2.18 bits per heavy atom. The van der Waals surface area contributed by atoms with E-state index >= 15 is 0 Å². The topological polar surface area (TPSA) is 62.4 Å². The van der Waals surface area contributed by atoms with Crippen LogP contribution in [-0.2, 0) is 9.53 Å². The lowest BCUT2D eigenvalue weighted by Gasteiger charge is -2.32. The fourth-order valence-corrected chi connectivity index (χ4v) is 3.06. The summed E-state index contributed by atoms with van der Waals surface area (Å²) in [6.45, 7) is 3.94. The van der Waals surface area contributed by atoms with E-state index in [4.69, 9.17) is 4.74 Å². The monoisotopic (exact) mass is 300 g/mol. The standard InChI is InChI=1S/C17H20N2O3/c1-2-22-17(21)12-5-7-19(8-6-12)14-3-4-16-15(9-14)13(11-20)10-18-16/h3-4,9-12,18H,2,5-8H2,1H3. The van der Waals surface area contributed by atoms with Crippen LogP contribution in [0.5, 0.6) is 0 Å². The summed E-state index contributed by atoms with van der Waals surface area (Å²) in [5.74, 6) is -0.0656. The maximum Gasteiger partial charge on any atom is 0.309 e. The molecule has 2 aromatic rings. The zero-order chi connectivity index (χ0) is 15.5. The van der Waals surface area contributed by atoms with Gasteiger partial charge < -0.3 is 14.6 Å². The van der Waals surface area contributed by atoms with E-state index in [0.29, 0.717) is 12.2 Å². The van der Waals surface area contributed by atoms with E-state index in [1.54, 1.807) is 6.20 Å². The number of aldehydes is 1. The third kappa shape index (κ3) is 2.71. The molecule has 0 atom stereocenters. The molecule has 0 amide bonds. The molecule has 116 valence electrons. The van der Waals surface area contributed by atoms with Gasteiger partial charge in [-0.05, 0) is 38.0 Å². The van der Waals surface area contributed by atoms with Gasteiger partial charge in [-0.25, -0.2) is 0 Å². The Balaban J connectivity index is 1.73. The van der Waals surface area contributed by atoms with Crippen molar-refractivity contribution in [3.8, 4) is 0 Å². The van der Waals surface area contributed by atoms with Crippen molar-refractivity contribution >= 4 is 28.8 Å². The molecule has 1 fully saturated rings. The predicted octanol–water partition coefficient (Wildman–Crippen LogP) is 2.76. The fraction of sp³-hybridized carbons (Fsp3) is 0.412. The summed E-state index contributed by atoms with van der Waals surface area (Å²) in [5, 5.41) is 0.944. The van der Waals surface area contributed by atoms with E-state index in [2.05, 4.69) is 16.0 Å². The molecule has 1 aromatic carbocycles. The number of H-pyrrole nitrogens is 1. The minimum Gasteiger partial charge on any atom is -0.466 e. The van der Waals surface area contributed by atoms with E-state index in [-0.39, 0.29) is 11.9 Å². The molecule has 2 heterocycles. The number of nitrogens with one attached hydrogen (secondary N) is 1. The molecule has 22 heavy (non-hydrogen) atoms. The quantitative estimate of drug-likeness (QED) is 0.696. The molecule has 0 bridgehead atoms. The van der Waals surface area contributed by atoms with Gasteiger partial charge in [0.15, 0.2) is 6.29 Å². The average Bonchev–Trinajstić information content (AvgIpc) is 2.97. The molecule has 0 saturated carbocycles. The number of aromatic nitrogens is 1. The van der Waals surface area contributed by atoms with E-state index in [1.807, 2.05) is 19.1 Å². The molecule has 0 spiro atoms. The van der Waals surface area contributed by atoms with Crippen LogP contribution in [0.1, 0.15) is 30.1 Å². The van der Waals surface area contributed by atoms with Crippen molar-refractivity contribution in [1.82, 2.24) is 4.98 Å². The molecular formula is C17H20N2O3. The number of rotatable bonds is 4. The van der Waals surface area contributed by atoms with E-state index in [0.717, 1.165) is 48.8 Å². The number of anilines is 1. The van der Waals surface area contributed by atoms with Gasteiger partial charge in [0.2, 0.25) is 0 Å². The predicted molar refractivity (Wildman–Crippen MR) is 85.3 cm³/mol. The van der Waals surface area contributed by atoms with Crippen LogP contribution in [0.2, 0.25) is 0 Å². The highest BCUT2D eigenvalue weighted by molar-refractivity contribution is 5.98. The van der Waals surface area contributed by atoms with Crippen LogP contribution in [-0.4, -0.2) is 36.9 Å². The Morgan fingerprint density at radius 1 is 1.41 bits per heavy atom. The van der Waals surface area contributed by atoms with Crippen LogP contribution in [0, 0.1) is 5.92 Å². The highest BCUT2D eigenvalue weighted by Gasteiger charge is 2.26. The Labute approximate surface area is 129 Å². The van der Waals surface area contributed by atoms with Crippen molar-refractivity contribution in [2.75, 3.05) is 24.6 Å². The zero-order valence-electron chi connectivity index (χ0n) is 12.7. The first-order valence-corrected chi connectivity index (χ1v) is 7.71. The molecule has 1 aromatic heterocycles. The van der Waals surface area contributed by atoms with Crippen molar-refractivity contribution in [2.24, 2.45) is 5.92 Å². The van der Waals surface area contributed by atoms with Crippen LogP contribution in [0.15, 0.2) is 24.4 Å². The normalized spacial score (nSPS) is 16.0. The van der Waals surface area contributed by atoms with Crippen LogP contribution in [0.25, 0.3) is 10.9 Å². The Kier molecular flexibility index (Phi) is 4.13. The maximum absolute atomic E-state index is 11.8. The summed E-state index contributed by atoms with van der Waals surface area (Å²) >= 11 is 0. The average molecular weight is 300 g/mol. The summed E-state index contributed by atoms with van der Waals surface area (Å²) in [6.07, 6.45) is 4.22. The second-order valence-electron chi connectivity index (χ2n) is 5.61. The first-order chi connectivity index (χ1) is 10.7. The third-order valence-corrected chi connectivity index (χ3v) is 4.30. The lowest BCUT2D eigenvalue weighted by Crippen LogP contribution is -2.36. The first-order valence-electron chi connectivity index (χ1n) is 7.71. The van der Waals surface area contributed by atoms with Crippen molar-refractivity contribution in [3.63, 3.8) is 0 Å². The number of carbonyl (C=O) groups is 2. The number of aromatic amines is 1. The van der Waals surface area contributed by atoms with Crippen molar-refractivity contribution in [1.29, 1.82) is 0 Å². The molecule has 0 radical (unpaired) electrons. The van der Waals surface area contributed by atoms with Gasteiger partial charge in [0.1, 0.15) is 0 Å². The molecule has 5 heteroatoms. The summed E-state index contributed by atoms with van der Waals surface area (Å²) in [6, 6.07) is 6.09. The van der Waals surface area contributed by atoms with Crippen LogP contribution >= 0.6 is 0 Å². The largest absolute Gasteiger partial charge is 0.466 e. The number of nitrogens with zero attached hydrogens (tertiary/aromatic N) is 1. The highest BCUT2D eigenvalue weighted by atomic mass is 16.5. The highest BCUT2D eigenvalue weighted by Crippen LogP contribution is 2.28. The van der Waals surface area contributed by atoms with Gasteiger partial charge in [-0.3, -0.25) is 9.59 Å². The summed E-state index contributed by atoms with van der Waals surface area (Å²) in [5.41, 5.74) is 2.74. The fourth-order valence-electron chi connectivity index (χ4n) is 3.06. The number of ether oxygens (including phenoxy) is 1. The van der Waals surface area contributed by atoms with Gasteiger partial charge >= 0.3 is 5.97 Å². The summed E-state index contributed by atoms with van der Waals surface area (Å²) < 4.78 is 5.10. The van der Waals surface area contributed by atoms with E-state index in [1.165, 1.54) is 0 Å². The van der Waals surface area contributed by atoms with E-state index in [9.17, 15) is 9.59 Å². The Morgan fingerprint density at radius 3 is 2.86 bits per heavy atom. The number of fused-ring (bicyclic) bond motifs is 1. The minimum atomic E-state index is -0.0773. The molecule has 1 aliphatic heterocycles. The minimum absolute atomic E-state index is 0.0118. The second kappa shape index (κ2) is 6.22. The Hall–Kier alpha value is -2.30. The van der Waals surface area contributed by atoms with Gasteiger partial charge in [0.05, 0.1) is 12.5 Å². The van der Waals surface area contributed by atoms with Crippen molar-refractivity contribution < 1.29 is 14.3 Å².